The first kappa shape index (κ1) is 25.7. The van der Waals surface area contributed by atoms with Crippen molar-refractivity contribution >= 4 is 77.3 Å². The second-order valence-electron chi connectivity index (χ2n) is 11.6. The van der Waals surface area contributed by atoms with Crippen molar-refractivity contribution in [1.82, 2.24) is 15.0 Å². The normalized spacial score (nSPS) is 11.9. The zero-order valence-corrected chi connectivity index (χ0v) is 26.2. The van der Waals surface area contributed by atoms with Crippen molar-refractivity contribution in [1.29, 1.82) is 0 Å². The van der Waals surface area contributed by atoms with Gasteiger partial charge in [-0.15, -0.1) is 0 Å². The third-order valence-corrected chi connectivity index (χ3v) is 11.4. The van der Waals surface area contributed by atoms with Crippen LogP contribution in [-0.4, -0.2) is 29.5 Å². The molecule has 3 aromatic heterocycles. The van der Waals surface area contributed by atoms with Gasteiger partial charge in [-0.2, -0.15) is 0 Å². The maximum atomic E-state index is 6.22. The van der Waals surface area contributed by atoms with Gasteiger partial charge in [0.25, 0.3) is 0 Å². The molecule has 4 nitrogen and oxygen atoms in total. The van der Waals surface area contributed by atoms with Gasteiger partial charge in [0.2, 0.25) is 0 Å². The Kier molecular flexibility index (Phi) is 5.56. The van der Waals surface area contributed by atoms with Crippen molar-refractivity contribution in [3.05, 3.63) is 140 Å². The molecule has 5 heteroatoms. The van der Waals surface area contributed by atoms with Crippen LogP contribution < -0.4 is 0 Å². The molecule has 0 atom stereocenters. The number of hydrogen-bond acceptors (Lipinski definition) is 4. The molecule has 0 radical (unpaired) electrons. The van der Waals surface area contributed by atoms with Crippen molar-refractivity contribution in [3.63, 3.8) is 0 Å². The third-order valence-electron chi connectivity index (χ3n) is 8.91. The number of para-hydroxylation sites is 1. The van der Waals surface area contributed by atoms with Crippen LogP contribution in [0, 0.1) is 0 Å². The Morgan fingerprint density at radius 3 is 2.04 bits per heavy atom. The number of nitrogens with zero attached hydrogens (tertiary/aromatic N) is 3. The predicted molar refractivity (Wildman–Crippen MR) is 190 cm³/mol. The Morgan fingerprint density at radius 2 is 1.13 bits per heavy atom. The van der Waals surface area contributed by atoms with Crippen LogP contribution in [0.3, 0.4) is 0 Å². The van der Waals surface area contributed by atoms with E-state index in [-0.39, 0.29) is 14.5 Å². The van der Waals surface area contributed by atoms with Crippen LogP contribution in [0.5, 0.6) is 0 Å². The summed E-state index contributed by atoms with van der Waals surface area (Å²) in [5.41, 5.74) is 4.50. The predicted octanol–water partition coefficient (Wildman–Crippen LogP) is 10.4. The van der Waals surface area contributed by atoms with E-state index in [1.54, 1.807) is 0 Å². The summed E-state index contributed by atoms with van der Waals surface area (Å²) in [6.45, 7) is 0. The molecule has 0 aliphatic heterocycles. The van der Waals surface area contributed by atoms with Crippen LogP contribution >= 0.6 is 0 Å². The van der Waals surface area contributed by atoms with Gasteiger partial charge in [0.15, 0.2) is 0 Å². The molecular formula is C41H23N3OSe. The summed E-state index contributed by atoms with van der Waals surface area (Å²) in [5, 5.41) is 9.81. The van der Waals surface area contributed by atoms with Gasteiger partial charge in [-0.3, -0.25) is 0 Å². The quantitative estimate of drug-likeness (QED) is 0.141. The number of rotatable bonds is 3. The van der Waals surface area contributed by atoms with Crippen LogP contribution in [0.15, 0.2) is 144 Å². The van der Waals surface area contributed by atoms with E-state index in [0.717, 1.165) is 38.6 Å². The number of benzene rings is 7. The van der Waals surface area contributed by atoms with Crippen molar-refractivity contribution in [2.24, 2.45) is 0 Å². The molecule has 46 heavy (non-hydrogen) atoms. The Morgan fingerprint density at radius 1 is 0.435 bits per heavy atom. The Balaban J connectivity index is 1.25. The molecule has 7 aromatic carbocycles. The monoisotopic (exact) mass is 653 g/mol. The second kappa shape index (κ2) is 9.95. The van der Waals surface area contributed by atoms with Gasteiger partial charge < -0.3 is 0 Å². The molecule has 0 bridgehead atoms. The van der Waals surface area contributed by atoms with Crippen molar-refractivity contribution in [3.8, 4) is 34.2 Å². The maximum absolute atomic E-state index is 6.22. The summed E-state index contributed by atoms with van der Waals surface area (Å²) < 4.78 is 9.12. The first-order valence-corrected chi connectivity index (χ1v) is 17.0. The summed E-state index contributed by atoms with van der Waals surface area (Å²) in [6, 6.07) is 48.9. The Hall–Kier alpha value is -5.61. The molecule has 0 aliphatic carbocycles. The third kappa shape index (κ3) is 3.89. The molecule has 0 N–H and O–H groups in total. The van der Waals surface area contributed by atoms with Gasteiger partial charge in [0.1, 0.15) is 0 Å². The minimum atomic E-state index is 0.239. The topological polar surface area (TPSA) is 51.8 Å². The summed E-state index contributed by atoms with van der Waals surface area (Å²) in [4.78, 5) is 15.3. The molecule has 0 fully saturated rings. The molecule has 0 spiro atoms. The number of furan rings is 1. The SMILES string of the molecule is c1ccc(-c2nc(-c3ccc4ccc5ccc6c7ccccc7[se]c6c5c4c3)nc(-c3cccc4oc5ccccc5c34)n2)cc1. The summed E-state index contributed by atoms with van der Waals surface area (Å²) in [7, 11) is 0. The minimum absolute atomic E-state index is 0.239. The fourth-order valence-corrected chi connectivity index (χ4v) is 9.43. The van der Waals surface area contributed by atoms with Crippen LogP contribution in [0.1, 0.15) is 0 Å². The van der Waals surface area contributed by atoms with Crippen molar-refractivity contribution in [2.75, 3.05) is 0 Å². The molecule has 0 aliphatic rings. The van der Waals surface area contributed by atoms with Crippen LogP contribution in [-0.2, 0) is 0 Å². The molecule has 0 amide bonds. The van der Waals surface area contributed by atoms with Gasteiger partial charge >= 0.3 is 252 Å². The zero-order chi connectivity index (χ0) is 30.2. The van der Waals surface area contributed by atoms with E-state index in [2.05, 4.69) is 78.9 Å². The molecule has 0 saturated heterocycles. The van der Waals surface area contributed by atoms with Gasteiger partial charge in [0.05, 0.1) is 0 Å². The Bertz CT molecular complexity index is 2820. The van der Waals surface area contributed by atoms with E-state index in [0.29, 0.717) is 17.5 Å². The first-order valence-electron chi connectivity index (χ1n) is 15.3. The first-order chi connectivity index (χ1) is 22.8. The number of fused-ring (bicyclic) bond motifs is 10. The molecule has 214 valence electrons. The average Bonchev–Trinajstić information content (AvgIpc) is 3.70. The number of hydrogen-bond donors (Lipinski definition) is 0. The van der Waals surface area contributed by atoms with E-state index in [4.69, 9.17) is 19.4 Å². The number of aromatic nitrogens is 3. The van der Waals surface area contributed by atoms with E-state index in [1.807, 2.05) is 60.7 Å². The van der Waals surface area contributed by atoms with Crippen LogP contribution in [0.4, 0.5) is 0 Å². The summed E-state index contributed by atoms with van der Waals surface area (Å²) in [6.07, 6.45) is 0. The van der Waals surface area contributed by atoms with Gasteiger partial charge in [0, 0.05) is 0 Å². The summed E-state index contributed by atoms with van der Waals surface area (Å²) >= 11 is 0.239. The van der Waals surface area contributed by atoms with Gasteiger partial charge in [-0.05, 0) is 6.07 Å². The van der Waals surface area contributed by atoms with Crippen LogP contribution in [0.25, 0.3) is 96.9 Å². The van der Waals surface area contributed by atoms with Gasteiger partial charge in [-0.1, -0.05) is 12.1 Å². The van der Waals surface area contributed by atoms with E-state index < -0.39 is 0 Å². The second-order valence-corrected chi connectivity index (χ2v) is 13.8. The van der Waals surface area contributed by atoms with Gasteiger partial charge in [-0.25, -0.2) is 0 Å². The Labute approximate surface area is 269 Å². The summed E-state index contributed by atoms with van der Waals surface area (Å²) in [5.74, 6) is 1.91. The molecule has 0 saturated carbocycles. The zero-order valence-electron chi connectivity index (χ0n) is 24.4. The van der Waals surface area contributed by atoms with E-state index in [9.17, 15) is 0 Å². The fourth-order valence-electron chi connectivity index (χ4n) is 6.76. The van der Waals surface area contributed by atoms with Crippen molar-refractivity contribution < 1.29 is 4.42 Å². The average molecular weight is 653 g/mol. The fraction of sp³-hybridized carbons (Fsp3) is 0. The molecular weight excluding hydrogens is 629 g/mol. The van der Waals surface area contributed by atoms with Crippen molar-refractivity contribution in [2.45, 2.75) is 0 Å². The van der Waals surface area contributed by atoms with E-state index >= 15 is 0 Å². The molecule has 3 heterocycles. The molecule has 10 aromatic rings. The standard InChI is InChI=1S/C41H23N3OSe/c1-2-9-26(10-3-1)39-42-40(44-41(43-39)31-13-8-15-34-37(31)30-12-4-6-14-33(30)45-34)27-20-18-24-17-19-25-21-22-29-28-11-5-7-16-35(28)46-38(29)36(25)32(24)23-27/h1-23H. The van der Waals surface area contributed by atoms with E-state index in [1.165, 1.54) is 40.8 Å². The molecule has 0 unspecified atom stereocenters. The molecule has 10 rings (SSSR count). The van der Waals surface area contributed by atoms with Crippen LogP contribution in [0.2, 0.25) is 0 Å².